The van der Waals surface area contributed by atoms with E-state index >= 15 is 0 Å². The fraction of sp³-hybridized carbons (Fsp3) is 0.800. The molecule has 0 saturated heterocycles. The molecule has 0 radical (unpaired) electrons. The molecule has 0 spiro atoms. The van der Waals surface area contributed by atoms with E-state index in [1.165, 1.54) is 0 Å². The van der Waals surface area contributed by atoms with Crippen LogP contribution >= 0.6 is 25.3 Å². The average molecular weight is 250 g/mol. The lowest BCUT2D eigenvalue weighted by molar-refractivity contribution is -0.158. The normalized spacial score (nSPS) is 14.4. The molecule has 0 rings (SSSR count). The minimum atomic E-state index is -0.569. The van der Waals surface area contributed by atoms with Crippen LogP contribution < -0.4 is 0 Å². The van der Waals surface area contributed by atoms with E-state index < -0.39 is 22.4 Å². The predicted octanol–water partition coefficient (Wildman–Crippen LogP) is 2.25. The Morgan fingerprint density at radius 1 is 1.00 bits per heavy atom. The lowest BCUT2D eigenvalue weighted by atomic mass is 10.2. The number of ether oxygens (including phenoxy) is 1. The number of carbonyl (C=O) groups excluding carboxylic acids is 2. The third-order valence-electron chi connectivity index (χ3n) is 1.87. The van der Waals surface area contributed by atoms with Gasteiger partial charge in [-0.2, -0.15) is 25.3 Å². The first-order valence-corrected chi connectivity index (χ1v) is 6.17. The third kappa shape index (κ3) is 6.10. The van der Waals surface area contributed by atoms with Crippen LogP contribution in [-0.2, 0) is 14.3 Å². The molecule has 0 fully saturated rings. The van der Waals surface area contributed by atoms with Gasteiger partial charge in [0.2, 0.25) is 0 Å². The van der Waals surface area contributed by atoms with E-state index in [1.54, 1.807) is 0 Å². The molecule has 0 amide bonds. The first-order chi connectivity index (χ1) is 7.02. The molecule has 0 aromatic carbocycles. The zero-order valence-corrected chi connectivity index (χ0v) is 10.9. The Morgan fingerprint density at radius 2 is 1.33 bits per heavy atom. The Hall–Kier alpha value is -0.160. The van der Waals surface area contributed by atoms with Crippen molar-refractivity contribution in [3.63, 3.8) is 0 Å². The van der Waals surface area contributed by atoms with Crippen LogP contribution in [0.5, 0.6) is 0 Å². The van der Waals surface area contributed by atoms with Gasteiger partial charge in [-0.3, -0.25) is 9.59 Å². The Balaban J connectivity index is 4.00. The lowest BCUT2D eigenvalue weighted by Crippen LogP contribution is -2.26. The van der Waals surface area contributed by atoms with Gasteiger partial charge in [0.05, 0.1) is 0 Å². The molecule has 88 valence electrons. The number of hydrogen-bond acceptors (Lipinski definition) is 5. The highest BCUT2D eigenvalue weighted by Gasteiger charge is 2.22. The maximum atomic E-state index is 11.3. The molecule has 0 aliphatic rings. The summed E-state index contributed by atoms with van der Waals surface area (Å²) >= 11 is 8.10. The zero-order chi connectivity index (χ0) is 11.8. The van der Waals surface area contributed by atoms with Crippen molar-refractivity contribution < 1.29 is 14.3 Å². The van der Waals surface area contributed by atoms with Gasteiger partial charge in [-0.25, -0.2) is 0 Å². The van der Waals surface area contributed by atoms with Gasteiger partial charge >= 0.3 is 11.9 Å². The minimum absolute atomic E-state index is 0.513. The van der Waals surface area contributed by atoms with Crippen LogP contribution in [0.4, 0.5) is 0 Å². The first kappa shape index (κ1) is 14.8. The van der Waals surface area contributed by atoms with E-state index in [9.17, 15) is 9.59 Å². The summed E-state index contributed by atoms with van der Waals surface area (Å²) in [5.41, 5.74) is 0. The van der Waals surface area contributed by atoms with Crippen molar-refractivity contribution in [1.82, 2.24) is 0 Å². The van der Waals surface area contributed by atoms with Gasteiger partial charge in [0.25, 0.3) is 0 Å². The van der Waals surface area contributed by atoms with Crippen LogP contribution in [0.1, 0.15) is 39.5 Å². The predicted molar refractivity (Wildman–Crippen MR) is 66.5 cm³/mol. The Bertz CT molecular complexity index is 197. The van der Waals surface area contributed by atoms with Crippen LogP contribution in [0.15, 0.2) is 0 Å². The van der Waals surface area contributed by atoms with Crippen molar-refractivity contribution in [2.24, 2.45) is 0 Å². The summed E-state index contributed by atoms with van der Waals surface area (Å²) in [5.74, 6) is -1.14. The summed E-state index contributed by atoms with van der Waals surface area (Å²) in [5, 5.41) is -1.03. The minimum Gasteiger partial charge on any atom is -0.391 e. The summed E-state index contributed by atoms with van der Waals surface area (Å²) in [7, 11) is 0. The van der Waals surface area contributed by atoms with E-state index in [0.717, 1.165) is 12.8 Å². The molecule has 0 aromatic heterocycles. The quantitative estimate of drug-likeness (QED) is 0.432. The monoisotopic (exact) mass is 250 g/mol. The Morgan fingerprint density at radius 3 is 1.60 bits per heavy atom. The van der Waals surface area contributed by atoms with Crippen LogP contribution in [0.3, 0.4) is 0 Å². The summed E-state index contributed by atoms with van der Waals surface area (Å²) in [4.78, 5) is 22.6. The van der Waals surface area contributed by atoms with E-state index in [0.29, 0.717) is 12.8 Å². The molecule has 2 unspecified atom stereocenters. The largest absolute Gasteiger partial charge is 0.391 e. The van der Waals surface area contributed by atoms with Crippen molar-refractivity contribution in [1.29, 1.82) is 0 Å². The van der Waals surface area contributed by atoms with Crippen molar-refractivity contribution in [2.45, 2.75) is 50.0 Å². The van der Waals surface area contributed by atoms with E-state index in [4.69, 9.17) is 0 Å². The molecule has 0 aromatic rings. The van der Waals surface area contributed by atoms with Crippen molar-refractivity contribution in [3.05, 3.63) is 0 Å². The Kier molecular flexibility index (Phi) is 7.96. The second kappa shape index (κ2) is 8.05. The highest BCUT2D eigenvalue weighted by atomic mass is 32.1. The Labute approximate surface area is 102 Å². The first-order valence-electron chi connectivity index (χ1n) is 5.14. The molecule has 0 heterocycles. The highest BCUT2D eigenvalue weighted by Crippen LogP contribution is 2.11. The standard InChI is InChI=1S/C10H18O3S2/c1-3-5-7(14)9(11)13-10(12)8(15)6-4-2/h7-8,14-15H,3-6H2,1-2H3. The van der Waals surface area contributed by atoms with E-state index in [-0.39, 0.29) is 0 Å². The van der Waals surface area contributed by atoms with Crippen molar-refractivity contribution in [2.75, 3.05) is 0 Å². The molecule has 0 bridgehead atoms. The molecule has 0 saturated carbocycles. The summed E-state index contributed by atoms with van der Waals surface area (Å²) < 4.78 is 4.65. The van der Waals surface area contributed by atoms with Crippen LogP contribution in [0, 0.1) is 0 Å². The fourth-order valence-electron chi connectivity index (χ4n) is 1.02. The molecular formula is C10H18O3S2. The molecule has 0 aliphatic carbocycles. The van der Waals surface area contributed by atoms with Crippen LogP contribution in [0.25, 0.3) is 0 Å². The van der Waals surface area contributed by atoms with Gasteiger partial charge < -0.3 is 4.74 Å². The number of carbonyl (C=O) groups is 2. The van der Waals surface area contributed by atoms with Crippen LogP contribution in [0.2, 0.25) is 0 Å². The van der Waals surface area contributed by atoms with Gasteiger partial charge in [0, 0.05) is 0 Å². The number of hydrogen-bond donors (Lipinski definition) is 2. The molecule has 3 nitrogen and oxygen atoms in total. The molecule has 2 atom stereocenters. The second-order valence-corrected chi connectivity index (χ2v) is 4.60. The van der Waals surface area contributed by atoms with Gasteiger partial charge in [-0.15, -0.1) is 0 Å². The summed E-state index contributed by atoms with van der Waals surface area (Å²) in [6, 6.07) is 0. The third-order valence-corrected chi connectivity index (χ3v) is 2.81. The number of esters is 2. The molecule has 0 N–H and O–H groups in total. The summed E-state index contributed by atoms with van der Waals surface area (Å²) in [6.07, 6.45) is 2.88. The van der Waals surface area contributed by atoms with Crippen molar-refractivity contribution in [3.8, 4) is 0 Å². The highest BCUT2D eigenvalue weighted by molar-refractivity contribution is 7.82. The average Bonchev–Trinajstić information content (AvgIpc) is 2.18. The maximum Gasteiger partial charge on any atom is 0.326 e. The SMILES string of the molecule is CCCC(S)C(=O)OC(=O)C(S)CCC. The number of rotatable bonds is 6. The van der Waals surface area contributed by atoms with Crippen molar-refractivity contribution >= 4 is 37.2 Å². The molecule has 5 heteroatoms. The lowest BCUT2D eigenvalue weighted by Gasteiger charge is -2.11. The molecular weight excluding hydrogens is 232 g/mol. The van der Waals surface area contributed by atoms with E-state index in [1.807, 2.05) is 13.8 Å². The fourth-order valence-corrected chi connectivity index (χ4v) is 1.64. The molecule has 0 aliphatic heterocycles. The van der Waals surface area contributed by atoms with E-state index in [2.05, 4.69) is 30.0 Å². The van der Waals surface area contributed by atoms with Gasteiger partial charge in [0.15, 0.2) is 0 Å². The maximum absolute atomic E-state index is 11.3. The van der Waals surface area contributed by atoms with Gasteiger partial charge in [-0.1, -0.05) is 26.7 Å². The second-order valence-electron chi connectivity index (χ2n) is 3.35. The molecule has 15 heavy (non-hydrogen) atoms. The summed E-state index contributed by atoms with van der Waals surface area (Å²) in [6.45, 7) is 3.88. The smallest absolute Gasteiger partial charge is 0.326 e. The zero-order valence-electron chi connectivity index (χ0n) is 9.10. The van der Waals surface area contributed by atoms with Gasteiger partial charge in [0.1, 0.15) is 10.5 Å². The van der Waals surface area contributed by atoms with Crippen LogP contribution in [-0.4, -0.2) is 22.4 Å². The number of thiol groups is 2. The topological polar surface area (TPSA) is 43.4 Å². The van der Waals surface area contributed by atoms with Gasteiger partial charge in [-0.05, 0) is 12.8 Å².